The minimum atomic E-state index is 0.281. The van der Waals surface area contributed by atoms with Crippen molar-refractivity contribution in [2.45, 2.75) is 90.1 Å². The van der Waals surface area contributed by atoms with E-state index >= 15 is 0 Å². The first-order chi connectivity index (χ1) is 10.1. The first-order valence-corrected chi connectivity index (χ1v) is 9.16. The number of unbranched alkanes of at least 4 members (excludes halogenated alkanes) is 3. The molecule has 2 fully saturated rings. The van der Waals surface area contributed by atoms with Crippen molar-refractivity contribution in [3.8, 4) is 0 Å². The maximum Gasteiger partial charge on any atom is 0.220 e. The van der Waals surface area contributed by atoms with Crippen LogP contribution in [-0.4, -0.2) is 24.5 Å². The van der Waals surface area contributed by atoms with E-state index in [1.165, 1.54) is 51.4 Å². The number of carbonyl (C=O) groups is 1. The number of carbonyl (C=O) groups excluding carboxylic acids is 1. The van der Waals surface area contributed by atoms with Crippen molar-refractivity contribution < 1.29 is 4.79 Å². The molecule has 2 aliphatic heterocycles. The lowest BCUT2D eigenvalue weighted by Crippen LogP contribution is -2.39. The van der Waals surface area contributed by atoms with E-state index in [0.717, 1.165) is 25.3 Å². The molecule has 0 radical (unpaired) electrons. The lowest BCUT2D eigenvalue weighted by Gasteiger charge is -2.28. The van der Waals surface area contributed by atoms with Gasteiger partial charge in [0.05, 0.1) is 0 Å². The quantitative estimate of drug-likeness (QED) is 0.638. The van der Waals surface area contributed by atoms with Crippen LogP contribution < -0.4 is 10.6 Å². The fourth-order valence-electron chi connectivity index (χ4n) is 3.94. The molecule has 0 aromatic heterocycles. The standard InChI is InChI=1S/C18H34N2O/c1-14(2)7-5-3-4-6-10-19-18(21)13-15-11-16-8-9-17(12-15)20-16/h14-17,20H,3-13H2,1-2H3,(H,19,21). The van der Waals surface area contributed by atoms with Gasteiger partial charge in [-0.25, -0.2) is 0 Å². The third-order valence-corrected chi connectivity index (χ3v) is 5.08. The van der Waals surface area contributed by atoms with Crippen LogP contribution in [-0.2, 0) is 4.79 Å². The molecule has 0 spiro atoms. The van der Waals surface area contributed by atoms with E-state index in [1.807, 2.05) is 0 Å². The molecule has 122 valence electrons. The Kier molecular flexibility index (Phi) is 7.01. The fraction of sp³-hybridized carbons (Fsp3) is 0.944. The highest BCUT2D eigenvalue weighted by Gasteiger charge is 2.33. The molecule has 3 heteroatoms. The topological polar surface area (TPSA) is 41.1 Å². The Morgan fingerprint density at radius 1 is 1.10 bits per heavy atom. The SMILES string of the molecule is CC(C)CCCCCCNC(=O)CC1CC2CCC(C1)N2. The zero-order chi connectivity index (χ0) is 15.1. The van der Waals surface area contributed by atoms with E-state index in [-0.39, 0.29) is 5.91 Å². The van der Waals surface area contributed by atoms with Crippen molar-refractivity contribution in [1.82, 2.24) is 10.6 Å². The number of amides is 1. The molecule has 21 heavy (non-hydrogen) atoms. The lowest BCUT2D eigenvalue weighted by molar-refractivity contribution is -0.122. The Labute approximate surface area is 130 Å². The molecule has 2 saturated heterocycles. The van der Waals surface area contributed by atoms with E-state index in [4.69, 9.17) is 0 Å². The average Bonchev–Trinajstić information content (AvgIpc) is 2.76. The highest BCUT2D eigenvalue weighted by atomic mass is 16.1. The van der Waals surface area contributed by atoms with Gasteiger partial charge in [0.25, 0.3) is 0 Å². The molecular weight excluding hydrogens is 260 g/mol. The second-order valence-electron chi connectivity index (χ2n) is 7.63. The number of piperidine rings is 1. The third-order valence-electron chi connectivity index (χ3n) is 5.08. The predicted octanol–water partition coefficient (Wildman–Crippen LogP) is 3.63. The smallest absolute Gasteiger partial charge is 0.220 e. The number of hydrogen-bond acceptors (Lipinski definition) is 2. The molecular formula is C18H34N2O. The minimum absolute atomic E-state index is 0.281. The summed E-state index contributed by atoms with van der Waals surface area (Å²) in [6, 6.07) is 1.39. The largest absolute Gasteiger partial charge is 0.356 e. The Hall–Kier alpha value is -0.570. The van der Waals surface area contributed by atoms with Crippen LogP contribution in [0, 0.1) is 11.8 Å². The molecule has 0 aliphatic carbocycles. The molecule has 1 amide bonds. The monoisotopic (exact) mass is 294 g/mol. The summed E-state index contributed by atoms with van der Waals surface area (Å²) < 4.78 is 0. The summed E-state index contributed by atoms with van der Waals surface area (Å²) in [5.74, 6) is 1.73. The van der Waals surface area contributed by atoms with Gasteiger partial charge in [-0.15, -0.1) is 0 Å². The third kappa shape index (κ3) is 6.37. The highest BCUT2D eigenvalue weighted by molar-refractivity contribution is 5.76. The number of nitrogens with one attached hydrogen (secondary N) is 2. The van der Waals surface area contributed by atoms with Crippen molar-refractivity contribution in [2.24, 2.45) is 11.8 Å². The summed E-state index contributed by atoms with van der Waals surface area (Å²) in [7, 11) is 0. The molecule has 2 atom stereocenters. The number of fused-ring (bicyclic) bond motifs is 2. The molecule has 0 aromatic rings. The number of rotatable bonds is 9. The average molecular weight is 294 g/mol. The van der Waals surface area contributed by atoms with Crippen LogP contribution in [0.15, 0.2) is 0 Å². The highest BCUT2D eigenvalue weighted by Crippen LogP contribution is 2.32. The molecule has 0 aromatic carbocycles. The second kappa shape index (κ2) is 8.77. The fourth-order valence-corrected chi connectivity index (χ4v) is 3.94. The van der Waals surface area contributed by atoms with E-state index in [0.29, 0.717) is 18.0 Å². The van der Waals surface area contributed by atoms with Crippen molar-refractivity contribution in [3.63, 3.8) is 0 Å². The Morgan fingerprint density at radius 3 is 2.43 bits per heavy atom. The molecule has 3 nitrogen and oxygen atoms in total. The van der Waals surface area contributed by atoms with Gasteiger partial charge in [-0.05, 0) is 43.9 Å². The lowest BCUT2D eigenvalue weighted by atomic mass is 9.89. The van der Waals surface area contributed by atoms with Gasteiger partial charge in [-0.3, -0.25) is 4.79 Å². The van der Waals surface area contributed by atoms with Crippen molar-refractivity contribution in [2.75, 3.05) is 6.54 Å². The molecule has 2 rings (SSSR count). The first-order valence-electron chi connectivity index (χ1n) is 9.16. The predicted molar refractivity (Wildman–Crippen MR) is 88.2 cm³/mol. The molecule has 2 aliphatic rings. The minimum Gasteiger partial charge on any atom is -0.356 e. The summed E-state index contributed by atoms with van der Waals surface area (Å²) in [6.45, 7) is 5.44. The van der Waals surface area contributed by atoms with E-state index in [9.17, 15) is 4.79 Å². The molecule has 2 heterocycles. The normalized spacial score (nSPS) is 28.0. The van der Waals surface area contributed by atoms with Crippen molar-refractivity contribution >= 4 is 5.91 Å². The summed E-state index contributed by atoms with van der Waals surface area (Å²) >= 11 is 0. The van der Waals surface area contributed by atoms with Gasteiger partial charge in [-0.1, -0.05) is 39.5 Å². The van der Waals surface area contributed by atoms with Crippen LogP contribution >= 0.6 is 0 Å². The van der Waals surface area contributed by atoms with Gasteiger partial charge in [0.15, 0.2) is 0 Å². The van der Waals surface area contributed by atoms with E-state index in [2.05, 4.69) is 24.5 Å². The van der Waals surface area contributed by atoms with Crippen molar-refractivity contribution in [3.05, 3.63) is 0 Å². The molecule has 2 unspecified atom stereocenters. The van der Waals surface area contributed by atoms with Crippen molar-refractivity contribution in [1.29, 1.82) is 0 Å². The van der Waals surface area contributed by atoms with E-state index < -0.39 is 0 Å². The Balaban J connectivity index is 1.46. The second-order valence-corrected chi connectivity index (χ2v) is 7.63. The van der Waals surface area contributed by atoms with Crippen LogP contribution in [0.25, 0.3) is 0 Å². The first kappa shape index (κ1) is 16.8. The summed E-state index contributed by atoms with van der Waals surface area (Å²) in [6.07, 6.45) is 12.2. The van der Waals surface area contributed by atoms with Gasteiger partial charge in [0.1, 0.15) is 0 Å². The maximum absolute atomic E-state index is 12.0. The maximum atomic E-state index is 12.0. The summed E-state index contributed by atoms with van der Waals surface area (Å²) in [5, 5.41) is 6.76. The van der Waals surface area contributed by atoms with E-state index in [1.54, 1.807) is 0 Å². The van der Waals surface area contributed by atoms with Crippen LogP contribution in [0.1, 0.15) is 78.1 Å². The molecule has 0 saturated carbocycles. The van der Waals surface area contributed by atoms with Gasteiger partial charge >= 0.3 is 0 Å². The summed E-state index contributed by atoms with van der Waals surface area (Å²) in [5.41, 5.74) is 0. The van der Waals surface area contributed by atoms with Gasteiger partial charge < -0.3 is 10.6 Å². The number of hydrogen-bond donors (Lipinski definition) is 2. The van der Waals surface area contributed by atoms with Crippen LogP contribution in [0.2, 0.25) is 0 Å². The van der Waals surface area contributed by atoms with Gasteiger partial charge in [0.2, 0.25) is 5.91 Å². The van der Waals surface area contributed by atoms with Crippen LogP contribution in [0.4, 0.5) is 0 Å². The molecule has 2 N–H and O–H groups in total. The van der Waals surface area contributed by atoms with Gasteiger partial charge in [-0.2, -0.15) is 0 Å². The van der Waals surface area contributed by atoms with Gasteiger partial charge in [0, 0.05) is 25.0 Å². The van der Waals surface area contributed by atoms with Crippen LogP contribution in [0.5, 0.6) is 0 Å². The summed E-state index contributed by atoms with van der Waals surface area (Å²) in [4.78, 5) is 12.0. The zero-order valence-electron chi connectivity index (χ0n) is 14.0. The Morgan fingerprint density at radius 2 is 1.76 bits per heavy atom. The molecule has 2 bridgehead atoms. The van der Waals surface area contributed by atoms with Crippen LogP contribution in [0.3, 0.4) is 0 Å². The zero-order valence-corrected chi connectivity index (χ0v) is 14.0. The Bertz CT molecular complexity index is 304.